The summed E-state index contributed by atoms with van der Waals surface area (Å²) < 4.78 is 54.6. The SMILES string of the molecule is CCOC(=O)C1=Cc2c(C)c(Cl)cc(OC)c2OC1C(F)(F)F. The quantitative estimate of drug-likeness (QED) is 0.775. The first-order valence-electron chi connectivity index (χ1n) is 6.69. The predicted molar refractivity (Wildman–Crippen MR) is 77.8 cm³/mol. The summed E-state index contributed by atoms with van der Waals surface area (Å²) in [5.41, 5.74) is 0.113. The number of esters is 1. The topological polar surface area (TPSA) is 44.8 Å². The van der Waals surface area contributed by atoms with Crippen LogP contribution in [0.3, 0.4) is 0 Å². The van der Waals surface area contributed by atoms with Crippen molar-refractivity contribution in [1.82, 2.24) is 0 Å². The van der Waals surface area contributed by atoms with Gasteiger partial charge in [-0.15, -0.1) is 0 Å². The third-order valence-electron chi connectivity index (χ3n) is 3.33. The normalized spacial score (nSPS) is 17.0. The molecule has 0 amide bonds. The summed E-state index contributed by atoms with van der Waals surface area (Å²) >= 11 is 6.04. The van der Waals surface area contributed by atoms with Crippen molar-refractivity contribution < 1.29 is 32.2 Å². The molecule has 0 saturated carbocycles. The predicted octanol–water partition coefficient (Wildman–Crippen LogP) is 3.93. The third kappa shape index (κ3) is 3.24. The fraction of sp³-hybridized carbons (Fsp3) is 0.400. The van der Waals surface area contributed by atoms with Gasteiger partial charge in [0.1, 0.15) is 0 Å². The van der Waals surface area contributed by atoms with E-state index in [1.165, 1.54) is 20.1 Å². The summed E-state index contributed by atoms with van der Waals surface area (Å²) in [6.45, 7) is 3.06. The second kappa shape index (κ2) is 6.31. The third-order valence-corrected chi connectivity index (χ3v) is 3.73. The summed E-state index contributed by atoms with van der Waals surface area (Å²) in [5, 5.41) is 0.286. The Kier molecular flexibility index (Phi) is 4.79. The number of carbonyl (C=O) groups excluding carboxylic acids is 1. The van der Waals surface area contributed by atoms with E-state index in [2.05, 4.69) is 0 Å². The number of benzene rings is 1. The maximum atomic E-state index is 13.3. The molecule has 1 aromatic rings. The van der Waals surface area contributed by atoms with E-state index in [-0.39, 0.29) is 28.7 Å². The lowest BCUT2D eigenvalue weighted by atomic mass is 9.97. The van der Waals surface area contributed by atoms with Crippen LogP contribution in [0.25, 0.3) is 6.08 Å². The summed E-state index contributed by atoms with van der Waals surface area (Å²) in [4.78, 5) is 11.9. The fourth-order valence-electron chi connectivity index (χ4n) is 2.20. The van der Waals surface area contributed by atoms with E-state index >= 15 is 0 Å². The van der Waals surface area contributed by atoms with Crippen molar-refractivity contribution in [2.24, 2.45) is 0 Å². The Morgan fingerprint density at radius 2 is 2.09 bits per heavy atom. The smallest absolute Gasteiger partial charge is 0.430 e. The van der Waals surface area contributed by atoms with E-state index < -0.39 is 23.8 Å². The average Bonchev–Trinajstić information content (AvgIpc) is 2.49. The van der Waals surface area contributed by atoms with Crippen LogP contribution in [0.15, 0.2) is 11.6 Å². The van der Waals surface area contributed by atoms with Crippen LogP contribution in [0.5, 0.6) is 11.5 Å². The van der Waals surface area contributed by atoms with Crippen molar-refractivity contribution in [3.63, 3.8) is 0 Å². The molecule has 1 atom stereocenters. The average molecular weight is 351 g/mol. The molecule has 1 aromatic carbocycles. The number of fused-ring (bicyclic) bond motifs is 1. The van der Waals surface area contributed by atoms with Crippen LogP contribution in [-0.4, -0.2) is 32.0 Å². The molecule has 0 radical (unpaired) electrons. The Morgan fingerprint density at radius 3 is 2.61 bits per heavy atom. The number of hydrogen-bond acceptors (Lipinski definition) is 4. The number of hydrogen-bond donors (Lipinski definition) is 0. The molecule has 2 rings (SSSR count). The number of alkyl halides is 3. The first-order chi connectivity index (χ1) is 10.7. The highest BCUT2D eigenvalue weighted by Gasteiger charge is 2.49. The molecular formula is C15H14ClF3O4. The van der Waals surface area contributed by atoms with E-state index in [9.17, 15) is 18.0 Å². The van der Waals surface area contributed by atoms with Crippen LogP contribution in [0.2, 0.25) is 5.02 Å². The molecule has 0 bridgehead atoms. The van der Waals surface area contributed by atoms with Crippen molar-refractivity contribution in [2.45, 2.75) is 26.1 Å². The Labute approximate surface area is 135 Å². The Morgan fingerprint density at radius 1 is 1.43 bits per heavy atom. The van der Waals surface area contributed by atoms with Gasteiger partial charge in [-0.25, -0.2) is 4.79 Å². The molecule has 0 N–H and O–H groups in total. The number of methoxy groups -OCH3 is 1. The van der Waals surface area contributed by atoms with Crippen molar-refractivity contribution in [1.29, 1.82) is 0 Å². The number of ether oxygens (including phenoxy) is 3. The minimum atomic E-state index is -4.78. The van der Waals surface area contributed by atoms with Crippen LogP contribution in [-0.2, 0) is 9.53 Å². The number of halogens is 4. The van der Waals surface area contributed by atoms with Gasteiger partial charge < -0.3 is 14.2 Å². The Hall–Kier alpha value is -1.89. The summed E-state index contributed by atoms with van der Waals surface area (Å²) in [6, 6.07) is 1.37. The molecule has 0 aliphatic carbocycles. The van der Waals surface area contributed by atoms with E-state index in [4.69, 9.17) is 25.8 Å². The molecule has 8 heteroatoms. The van der Waals surface area contributed by atoms with Gasteiger partial charge in [0.2, 0.25) is 6.10 Å². The number of rotatable bonds is 3. The molecular weight excluding hydrogens is 337 g/mol. The highest BCUT2D eigenvalue weighted by atomic mass is 35.5. The van der Waals surface area contributed by atoms with E-state index in [0.717, 1.165) is 6.08 Å². The lowest BCUT2D eigenvalue weighted by Crippen LogP contribution is -2.41. The molecule has 0 fully saturated rings. The van der Waals surface area contributed by atoms with Gasteiger partial charge in [-0.05, 0) is 25.5 Å². The lowest BCUT2D eigenvalue weighted by Gasteiger charge is -2.29. The summed E-state index contributed by atoms with van der Waals surface area (Å²) in [6.07, 6.45) is -6.11. The first kappa shape index (κ1) is 17.5. The molecule has 1 aliphatic heterocycles. The highest BCUT2D eigenvalue weighted by Crippen LogP contribution is 2.45. The molecule has 0 saturated heterocycles. The van der Waals surface area contributed by atoms with E-state index in [0.29, 0.717) is 5.56 Å². The molecule has 126 valence electrons. The van der Waals surface area contributed by atoms with E-state index in [1.54, 1.807) is 6.92 Å². The van der Waals surface area contributed by atoms with Crippen molar-refractivity contribution in [3.05, 3.63) is 27.8 Å². The minimum absolute atomic E-state index is 0.0501. The van der Waals surface area contributed by atoms with Crippen molar-refractivity contribution in [2.75, 3.05) is 13.7 Å². The summed E-state index contributed by atoms with van der Waals surface area (Å²) in [5.74, 6) is -1.13. The van der Waals surface area contributed by atoms with Gasteiger partial charge in [0.25, 0.3) is 0 Å². The standard InChI is InChI=1S/C15H14ClF3O4/c1-4-22-14(20)9-5-8-7(2)10(16)6-11(21-3)12(8)23-13(9)15(17,18)19/h5-6,13H,4H2,1-3H3. The molecule has 1 heterocycles. The maximum Gasteiger partial charge on any atom is 0.430 e. The zero-order valence-corrected chi connectivity index (χ0v) is 13.3. The zero-order valence-electron chi connectivity index (χ0n) is 12.6. The van der Waals surface area contributed by atoms with Crippen LogP contribution in [0, 0.1) is 6.92 Å². The lowest BCUT2D eigenvalue weighted by molar-refractivity contribution is -0.188. The fourth-order valence-corrected chi connectivity index (χ4v) is 2.40. The van der Waals surface area contributed by atoms with Crippen LogP contribution >= 0.6 is 11.6 Å². The molecule has 0 aromatic heterocycles. The molecule has 4 nitrogen and oxygen atoms in total. The molecule has 1 aliphatic rings. The molecule has 0 spiro atoms. The van der Waals surface area contributed by atoms with Crippen LogP contribution < -0.4 is 9.47 Å². The van der Waals surface area contributed by atoms with Gasteiger partial charge in [-0.3, -0.25) is 0 Å². The maximum absolute atomic E-state index is 13.3. The highest BCUT2D eigenvalue weighted by molar-refractivity contribution is 6.31. The van der Waals surface area contributed by atoms with Crippen molar-refractivity contribution >= 4 is 23.6 Å². The second-order valence-electron chi connectivity index (χ2n) is 4.79. The number of carbonyl (C=O) groups is 1. The van der Waals surface area contributed by atoms with Crippen LogP contribution in [0.1, 0.15) is 18.1 Å². The molecule has 23 heavy (non-hydrogen) atoms. The Bertz CT molecular complexity index is 668. The Balaban J connectivity index is 2.66. The first-order valence-corrected chi connectivity index (χ1v) is 7.07. The van der Waals surface area contributed by atoms with Gasteiger partial charge in [-0.1, -0.05) is 11.6 Å². The van der Waals surface area contributed by atoms with Crippen LogP contribution in [0.4, 0.5) is 13.2 Å². The zero-order chi connectivity index (χ0) is 17.4. The minimum Gasteiger partial charge on any atom is -0.493 e. The van der Waals surface area contributed by atoms with Crippen molar-refractivity contribution in [3.8, 4) is 11.5 Å². The molecule has 1 unspecified atom stereocenters. The van der Waals surface area contributed by atoms with Gasteiger partial charge in [0.05, 0.1) is 19.3 Å². The van der Waals surface area contributed by atoms with E-state index in [1.807, 2.05) is 0 Å². The largest absolute Gasteiger partial charge is 0.493 e. The van der Waals surface area contributed by atoms with Gasteiger partial charge in [0.15, 0.2) is 11.5 Å². The monoisotopic (exact) mass is 350 g/mol. The van der Waals surface area contributed by atoms with Gasteiger partial charge in [0, 0.05) is 16.7 Å². The van der Waals surface area contributed by atoms with Gasteiger partial charge >= 0.3 is 12.1 Å². The second-order valence-corrected chi connectivity index (χ2v) is 5.20. The van der Waals surface area contributed by atoms with Gasteiger partial charge in [-0.2, -0.15) is 13.2 Å². The summed E-state index contributed by atoms with van der Waals surface area (Å²) in [7, 11) is 1.29.